The maximum atomic E-state index is 4.68. The lowest BCUT2D eigenvalue weighted by Crippen LogP contribution is -1.85. The maximum Gasteiger partial charge on any atom is 0.0780 e. The normalized spacial score (nSPS) is 10.6. The van der Waals surface area contributed by atoms with Crippen LogP contribution in [0.2, 0.25) is 0 Å². The van der Waals surface area contributed by atoms with Gasteiger partial charge < -0.3 is 0 Å². The second-order valence-corrected chi connectivity index (χ2v) is 29.8. The van der Waals surface area contributed by atoms with Gasteiger partial charge in [0, 0.05) is 91.6 Å². The minimum absolute atomic E-state index is 1.03. The molecule has 0 amide bonds. The van der Waals surface area contributed by atoms with Crippen LogP contribution in [0.3, 0.4) is 0 Å². The number of aromatic nitrogens is 7. The molecule has 0 fully saturated rings. The van der Waals surface area contributed by atoms with Crippen LogP contribution in [0.5, 0.6) is 0 Å². The van der Waals surface area contributed by atoms with Crippen molar-refractivity contribution in [1.29, 1.82) is 0 Å². The molecule has 7 heterocycles. The lowest BCUT2D eigenvalue weighted by atomic mass is 10.00. The Balaban J connectivity index is 0.000000108. The van der Waals surface area contributed by atoms with Crippen LogP contribution in [0.15, 0.2) is 425 Å². The van der Waals surface area contributed by atoms with Crippen LogP contribution in [0.4, 0.5) is 0 Å². The first-order valence-corrected chi connectivity index (χ1v) is 40.3. The lowest BCUT2D eigenvalue weighted by Gasteiger charge is -2.06. The minimum atomic E-state index is 1.03. The van der Waals surface area contributed by atoms with E-state index in [1.807, 2.05) is 116 Å². The summed E-state index contributed by atoms with van der Waals surface area (Å²) in [6.07, 6.45) is 11.2. The molecule has 0 bridgehead atoms. The molecule has 119 heavy (non-hydrogen) atoms. The monoisotopic (exact) mass is 1530 g/mol. The first-order chi connectivity index (χ1) is 58.3. The van der Waals surface area contributed by atoms with Gasteiger partial charge in [0.1, 0.15) is 0 Å². The summed E-state index contributed by atoms with van der Waals surface area (Å²) in [6, 6.07) is 135. The number of para-hydroxylation sites is 4. The summed E-state index contributed by atoms with van der Waals surface area (Å²) in [7, 11) is 0. The summed E-state index contributed by atoms with van der Waals surface area (Å²) < 4.78 is 0. The first-order valence-electron chi connectivity index (χ1n) is 40.3. The van der Waals surface area contributed by atoms with Crippen molar-refractivity contribution in [2.75, 3.05) is 0 Å². The van der Waals surface area contributed by atoms with Gasteiger partial charge in [-0.15, -0.1) is 0 Å². The fourth-order valence-electron chi connectivity index (χ4n) is 14.2. The van der Waals surface area contributed by atoms with Gasteiger partial charge in [-0.2, -0.15) is 0 Å². The van der Waals surface area contributed by atoms with E-state index in [-0.39, 0.29) is 0 Å². The smallest absolute Gasteiger partial charge is 0.0780 e. The highest BCUT2D eigenvalue weighted by atomic mass is 14.7. The van der Waals surface area contributed by atoms with Crippen LogP contribution in [-0.4, -0.2) is 34.9 Å². The summed E-state index contributed by atoms with van der Waals surface area (Å²) >= 11 is 0. The zero-order valence-corrected chi connectivity index (χ0v) is 68.0. The molecule has 0 saturated heterocycles. The van der Waals surface area contributed by atoms with Crippen LogP contribution >= 0.6 is 0 Å². The number of hydrogen-bond acceptors (Lipinski definition) is 7. The Morgan fingerprint density at radius 2 is 0.504 bits per heavy atom. The first kappa shape index (κ1) is 79.2. The molecule has 0 aliphatic heterocycles. The van der Waals surface area contributed by atoms with Crippen LogP contribution in [0.1, 0.15) is 38.9 Å². The highest BCUT2D eigenvalue weighted by Crippen LogP contribution is 2.33. The SMILES string of the molecule is Cc1ccc(-c2ccc3ccccc3n2)cc1.Cc1ccc(-c2ccc3cccnc3c2)cc1.Cc1ccc(-c2ccc3ncccc3c2)cc1.Cc1ccc(-c2cccc3cccnc23)cc1.Cc1ccc(-c2cccc3ncccc23)cc1.Cc1ccc(-c2ccnc3ccccc23)cc1.Cc1ccc(-c2cnc3ccccc3c2)cc1. The fourth-order valence-corrected chi connectivity index (χ4v) is 14.2. The third-order valence-corrected chi connectivity index (χ3v) is 20.9. The van der Waals surface area contributed by atoms with Gasteiger partial charge in [-0.05, 0) is 189 Å². The summed E-state index contributed by atoms with van der Waals surface area (Å²) in [5, 5.41) is 8.34. The van der Waals surface area contributed by atoms with E-state index in [2.05, 4.69) is 393 Å². The zero-order chi connectivity index (χ0) is 81.7. The molecule has 0 unspecified atom stereocenters. The van der Waals surface area contributed by atoms with E-state index in [0.29, 0.717) is 0 Å². The molecule has 0 N–H and O–H groups in total. The van der Waals surface area contributed by atoms with E-state index in [4.69, 9.17) is 0 Å². The molecule has 0 saturated carbocycles. The average Bonchev–Trinajstić information content (AvgIpc) is 0.672. The van der Waals surface area contributed by atoms with Gasteiger partial charge >= 0.3 is 0 Å². The quantitative estimate of drug-likeness (QED) is 0.157. The average molecular weight is 1540 g/mol. The predicted octanol–water partition coefficient (Wildman–Crippen LogP) is 29.5. The maximum absolute atomic E-state index is 4.68. The number of benzene rings is 14. The number of hydrogen-bond donors (Lipinski definition) is 0. The Bertz CT molecular complexity index is 6140. The highest BCUT2D eigenvalue weighted by Gasteiger charge is 2.10. The van der Waals surface area contributed by atoms with Crippen molar-refractivity contribution in [3.05, 3.63) is 464 Å². The van der Waals surface area contributed by atoms with Crippen molar-refractivity contribution in [1.82, 2.24) is 34.9 Å². The Hall–Kier alpha value is -15.1. The number of nitrogens with zero attached hydrogens (tertiary/aromatic N) is 7. The molecule has 0 aliphatic carbocycles. The number of rotatable bonds is 7. The summed E-state index contributed by atoms with van der Waals surface area (Å²) in [6.45, 7) is 14.7. The van der Waals surface area contributed by atoms with E-state index in [1.54, 1.807) is 0 Å². The Kier molecular flexibility index (Phi) is 25.5. The van der Waals surface area contributed by atoms with Crippen LogP contribution < -0.4 is 0 Å². The van der Waals surface area contributed by atoms with Crippen LogP contribution in [-0.2, 0) is 0 Å². The van der Waals surface area contributed by atoms with E-state index in [9.17, 15) is 0 Å². The van der Waals surface area contributed by atoms with Gasteiger partial charge in [0.2, 0.25) is 0 Å². The fraction of sp³-hybridized carbons (Fsp3) is 0.0625. The molecular formula is C112H91N7. The van der Waals surface area contributed by atoms with Crippen molar-refractivity contribution in [2.24, 2.45) is 0 Å². The standard InChI is InChI=1S/7C16H13N/c1-12-7-9-13(10-8-12)14-4-2-6-16-15(14)5-3-11-17-16;1-12-7-9-13(10-8-12)15-6-2-4-14-5-3-11-17-16(14)15;1-12-4-6-13(7-5-12)14-8-9-16-15(11-14)3-2-10-17-16;1-12-4-6-13(7-5-12)15-9-8-14-3-2-10-17-16(14)11-15;1-12-6-8-13(9-7-12)15-10-14-4-2-3-5-16(14)17-11-15;1-12-6-8-13(9-7-12)14-10-11-17-16-5-3-2-4-15(14)16;1-12-6-8-14(9-7-12)16-11-10-13-4-2-3-5-15(13)17-16/h7*2-11H,1H3. The molecule has 7 aromatic heterocycles. The molecule has 21 aromatic rings. The van der Waals surface area contributed by atoms with Crippen molar-refractivity contribution in [3.63, 3.8) is 0 Å². The molecule has 7 heteroatoms. The third-order valence-electron chi connectivity index (χ3n) is 20.9. The molecule has 0 radical (unpaired) electrons. The van der Waals surface area contributed by atoms with Crippen molar-refractivity contribution in [3.8, 4) is 78.0 Å². The molecule has 0 spiro atoms. The number of pyridine rings is 7. The molecule has 0 atom stereocenters. The van der Waals surface area contributed by atoms with Crippen LogP contribution in [0.25, 0.3) is 154 Å². The van der Waals surface area contributed by atoms with Gasteiger partial charge in [-0.3, -0.25) is 29.9 Å². The summed E-state index contributed by atoms with van der Waals surface area (Å²) in [5.41, 5.74) is 33.3. The topological polar surface area (TPSA) is 90.2 Å². The second kappa shape index (κ2) is 38.4. The van der Waals surface area contributed by atoms with Gasteiger partial charge in [-0.25, -0.2) is 4.98 Å². The largest absolute Gasteiger partial charge is 0.256 e. The lowest BCUT2D eigenvalue weighted by molar-refractivity contribution is 1.38. The van der Waals surface area contributed by atoms with Gasteiger partial charge in [0.15, 0.2) is 0 Å². The van der Waals surface area contributed by atoms with Gasteiger partial charge in [0.25, 0.3) is 0 Å². The molecular weight excluding hydrogens is 1440 g/mol. The Morgan fingerprint density at radius 1 is 0.168 bits per heavy atom. The minimum Gasteiger partial charge on any atom is -0.256 e. The van der Waals surface area contributed by atoms with Gasteiger partial charge in [-0.1, -0.05) is 342 Å². The molecule has 14 aromatic carbocycles. The Morgan fingerprint density at radius 3 is 1.09 bits per heavy atom. The van der Waals surface area contributed by atoms with E-state index >= 15 is 0 Å². The molecule has 574 valence electrons. The van der Waals surface area contributed by atoms with E-state index < -0.39 is 0 Å². The zero-order valence-electron chi connectivity index (χ0n) is 68.0. The summed E-state index contributed by atoms with van der Waals surface area (Å²) in [5.74, 6) is 0. The van der Waals surface area contributed by atoms with Crippen molar-refractivity contribution >= 4 is 76.3 Å². The van der Waals surface area contributed by atoms with Crippen molar-refractivity contribution in [2.45, 2.75) is 48.5 Å². The Labute approximate surface area is 697 Å². The van der Waals surface area contributed by atoms with Gasteiger partial charge in [0.05, 0.1) is 44.3 Å². The van der Waals surface area contributed by atoms with E-state index in [0.717, 1.165) is 44.3 Å². The third kappa shape index (κ3) is 20.6. The second-order valence-electron chi connectivity index (χ2n) is 29.8. The predicted molar refractivity (Wildman–Crippen MR) is 503 cm³/mol. The number of aryl methyl sites for hydroxylation is 7. The molecule has 0 aliphatic rings. The summed E-state index contributed by atoms with van der Waals surface area (Å²) in [4.78, 5) is 31.1. The number of fused-ring (bicyclic) bond motifs is 7. The van der Waals surface area contributed by atoms with E-state index in [1.165, 1.54) is 149 Å². The molecule has 21 rings (SSSR count). The molecule has 7 nitrogen and oxygen atoms in total. The highest BCUT2D eigenvalue weighted by molar-refractivity contribution is 5.97. The van der Waals surface area contributed by atoms with Crippen molar-refractivity contribution < 1.29 is 0 Å². The van der Waals surface area contributed by atoms with Crippen LogP contribution in [0, 0.1) is 48.5 Å².